The normalized spacial score (nSPS) is 9.95. The topological polar surface area (TPSA) is 105 Å². The molecule has 106 valence electrons. The van der Waals surface area contributed by atoms with Gasteiger partial charge in [-0.2, -0.15) is 5.26 Å². The van der Waals surface area contributed by atoms with Gasteiger partial charge in [0.15, 0.2) is 5.69 Å². The van der Waals surface area contributed by atoms with Gasteiger partial charge in [0.1, 0.15) is 12.1 Å². The van der Waals surface area contributed by atoms with Crippen molar-refractivity contribution in [2.24, 2.45) is 0 Å². The van der Waals surface area contributed by atoms with Gasteiger partial charge in [-0.3, -0.25) is 10.1 Å². The number of halogens is 1. The number of aromatic nitrogens is 2. The van der Waals surface area contributed by atoms with Crippen LogP contribution in [-0.4, -0.2) is 21.4 Å². The Morgan fingerprint density at radius 2 is 2.19 bits per heavy atom. The predicted octanol–water partition coefficient (Wildman–Crippen LogP) is 2.49. The van der Waals surface area contributed by atoms with Gasteiger partial charge < -0.3 is 5.32 Å². The molecule has 0 atom stereocenters. The average Bonchev–Trinajstić information content (AvgIpc) is 2.46. The summed E-state index contributed by atoms with van der Waals surface area (Å²) in [5.41, 5.74) is -0.182. The Labute approximate surface area is 119 Å². The molecule has 7 nitrogen and oxygen atoms in total. The van der Waals surface area contributed by atoms with E-state index >= 15 is 0 Å². The van der Waals surface area contributed by atoms with Crippen molar-refractivity contribution in [1.29, 1.82) is 5.26 Å². The fourth-order valence-corrected chi connectivity index (χ4v) is 1.85. The van der Waals surface area contributed by atoms with Gasteiger partial charge in [-0.1, -0.05) is 0 Å². The number of nitrogens with one attached hydrogen (secondary N) is 1. The van der Waals surface area contributed by atoms with Gasteiger partial charge in [0, 0.05) is 12.1 Å². The summed E-state index contributed by atoms with van der Waals surface area (Å²) in [6.07, 6.45) is 1.15. The highest BCUT2D eigenvalue weighted by Crippen LogP contribution is 2.33. The lowest BCUT2D eigenvalue weighted by atomic mass is 10.1. The Morgan fingerprint density at radius 3 is 2.81 bits per heavy atom. The molecule has 0 radical (unpaired) electrons. The Bertz CT molecular complexity index is 742. The summed E-state index contributed by atoms with van der Waals surface area (Å²) >= 11 is 0. The van der Waals surface area contributed by atoms with Gasteiger partial charge in [0.25, 0.3) is 0 Å². The van der Waals surface area contributed by atoms with Crippen molar-refractivity contribution in [3.8, 4) is 17.3 Å². The maximum absolute atomic E-state index is 13.5. The monoisotopic (exact) mass is 287 g/mol. The van der Waals surface area contributed by atoms with Crippen LogP contribution in [0.5, 0.6) is 0 Å². The number of nitriles is 1. The number of hydrogen-bond acceptors (Lipinski definition) is 6. The van der Waals surface area contributed by atoms with Crippen LogP contribution in [0.25, 0.3) is 11.3 Å². The molecule has 0 aliphatic rings. The van der Waals surface area contributed by atoms with Crippen molar-refractivity contribution in [3.05, 3.63) is 46.0 Å². The van der Waals surface area contributed by atoms with Gasteiger partial charge in [0.2, 0.25) is 5.82 Å². The Kier molecular flexibility index (Phi) is 4.04. The molecule has 2 rings (SSSR count). The van der Waals surface area contributed by atoms with Crippen LogP contribution >= 0.6 is 0 Å². The van der Waals surface area contributed by atoms with Crippen LogP contribution < -0.4 is 5.32 Å². The van der Waals surface area contributed by atoms with Gasteiger partial charge in [-0.05, 0) is 25.1 Å². The Morgan fingerprint density at radius 1 is 1.43 bits per heavy atom. The first kappa shape index (κ1) is 14.3. The van der Waals surface area contributed by atoms with E-state index in [4.69, 9.17) is 5.26 Å². The number of hydrogen-bond donors (Lipinski definition) is 1. The minimum Gasteiger partial charge on any atom is -0.365 e. The summed E-state index contributed by atoms with van der Waals surface area (Å²) in [5, 5.41) is 22.9. The first-order valence-electron chi connectivity index (χ1n) is 6.01. The number of benzene rings is 1. The first-order chi connectivity index (χ1) is 10.1. The third-order valence-corrected chi connectivity index (χ3v) is 2.65. The molecule has 0 aliphatic carbocycles. The summed E-state index contributed by atoms with van der Waals surface area (Å²) in [6.45, 7) is 2.20. The van der Waals surface area contributed by atoms with E-state index in [-0.39, 0.29) is 28.3 Å². The smallest absolute Gasteiger partial charge is 0.337 e. The minimum atomic E-state index is -0.665. The van der Waals surface area contributed by atoms with Crippen molar-refractivity contribution in [1.82, 2.24) is 9.97 Å². The highest BCUT2D eigenvalue weighted by Gasteiger charge is 2.24. The standard InChI is InChI=1S/C13H10FN5O2/c1-2-16-13-12(19(20)21)11(17-7-18-13)9-3-8(6-15)4-10(14)5-9/h3-5,7H,2H2,1H3,(H,16,17,18). The lowest BCUT2D eigenvalue weighted by molar-refractivity contribution is -0.383. The van der Waals surface area contributed by atoms with Crippen LogP contribution in [0.2, 0.25) is 0 Å². The third kappa shape index (κ3) is 2.92. The molecule has 0 bridgehead atoms. The highest BCUT2D eigenvalue weighted by molar-refractivity contribution is 5.77. The zero-order chi connectivity index (χ0) is 15.4. The van der Waals surface area contributed by atoms with Gasteiger partial charge in [-0.25, -0.2) is 14.4 Å². The fourth-order valence-electron chi connectivity index (χ4n) is 1.85. The fraction of sp³-hybridized carbons (Fsp3) is 0.154. The van der Waals surface area contributed by atoms with E-state index in [1.54, 1.807) is 13.0 Å². The molecule has 0 saturated heterocycles. The highest BCUT2D eigenvalue weighted by atomic mass is 19.1. The Hall–Kier alpha value is -3.08. The van der Waals surface area contributed by atoms with Crippen LogP contribution in [0, 0.1) is 27.3 Å². The maximum Gasteiger partial charge on any atom is 0.337 e. The van der Waals surface area contributed by atoms with E-state index in [0.717, 1.165) is 18.5 Å². The second-order valence-corrected chi connectivity index (χ2v) is 4.05. The van der Waals surface area contributed by atoms with Crippen molar-refractivity contribution in [2.75, 3.05) is 11.9 Å². The number of nitro groups is 1. The molecule has 21 heavy (non-hydrogen) atoms. The van der Waals surface area contributed by atoms with E-state index in [1.807, 2.05) is 0 Å². The molecule has 0 saturated carbocycles. The molecule has 1 heterocycles. The molecule has 1 aromatic carbocycles. The zero-order valence-corrected chi connectivity index (χ0v) is 11.0. The molecule has 2 aromatic rings. The lowest BCUT2D eigenvalue weighted by Gasteiger charge is -2.07. The van der Waals surface area contributed by atoms with E-state index in [9.17, 15) is 14.5 Å². The molecule has 0 amide bonds. The van der Waals surface area contributed by atoms with Crippen LogP contribution in [-0.2, 0) is 0 Å². The lowest BCUT2D eigenvalue weighted by Crippen LogP contribution is -2.06. The van der Waals surface area contributed by atoms with E-state index in [2.05, 4.69) is 15.3 Å². The second-order valence-electron chi connectivity index (χ2n) is 4.05. The zero-order valence-electron chi connectivity index (χ0n) is 11.0. The number of rotatable bonds is 4. The summed E-state index contributed by atoms with van der Waals surface area (Å²) in [7, 11) is 0. The van der Waals surface area contributed by atoms with Crippen molar-refractivity contribution < 1.29 is 9.31 Å². The summed E-state index contributed by atoms with van der Waals surface area (Å²) in [4.78, 5) is 18.3. The molecular weight excluding hydrogens is 277 g/mol. The molecule has 8 heteroatoms. The van der Waals surface area contributed by atoms with Crippen LogP contribution in [0.1, 0.15) is 12.5 Å². The molecule has 1 aromatic heterocycles. The molecule has 0 aliphatic heterocycles. The number of nitrogens with zero attached hydrogens (tertiary/aromatic N) is 4. The van der Waals surface area contributed by atoms with Gasteiger partial charge >= 0.3 is 5.69 Å². The van der Waals surface area contributed by atoms with Gasteiger partial charge in [0.05, 0.1) is 16.6 Å². The average molecular weight is 287 g/mol. The summed E-state index contributed by atoms with van der Waals surface area (Å²) < 4.78 is 13.5. The molecule has 1 N–H and O–H groups in total. The minimum absolute atomic E-state index is 0.0399. The quantitative estimate of drug-likeness (QED) is 0.684. The first-order valence-corrected chi connectivity index (χ1v) is 6.01. The SMILES string of the molecule is CCNc1ncnc(-c2cc(F)cc(C#N)c2)c1[N+](=O)[O-]. The van der Waals surface area contributed by atoms with E-state index in [0.29, 0.717) is 6.54 Å². The predicted molar refractivity (Wildman–Crippen MR) is 73.0 cm³/mol. The molecule has 0 fully saturated rings. The third-order valence-electron chi connectivity index (χ3n) is 2.65. The summed E-state index contributed by atoms with van der Waals surface area (Å²) in [6, 6.07) is 5.27. The number of anilines is 1. The molecule has 0 unspecified atom stereocenters. The van der Waals surface area contributed by atoms with Crippen LogP contribution in [0.3, 0.4) is 0 Å². The van der Waals surface area contributed by atoms with Crippen LogP contribution in [0.15, 0.2) is 24.5 Å². The van der Waals surface area contributed by atoms with Crippen molar-refractivity contribution in [2.45, 2.75) is 6.92 Å². The maximum atomic E-state index is 13.5. The second kappa shape index (κ2) is 5.92. The summed E-state index contributed by atoms with van der Waals surface area (Å²) in [5.74, 6) is -0.614. The Balaban J connectivity index is 2.69. The van der Waals surface area contributed by atoms with Crippen molar-refractivity contribution >= 4 is 11.5 Å². The largest absolute Gasteiger partial charge is 0.365 e. The van der Waals surface area contributed by atoms with Gasteiger partial charge in [-0.15, -0.1) is 0 Å². The molecule has 0 spiro atoms. The van der Waals surface area contributed by atoms with Crippen LogP contribution in [0.4, 0.5) is 15.9 Å². The van der Waals surface area contributed by atoms with E-state index in [1.165, 1.54) is 6.07 Å². The molecular formula is C13H10FN5O2. The van der Waals surface area contributed by atoms with Crippen molar-refractivity contribution in [3.63, 3.8) is 0 Å². The van der Waals surface area contributed by atoms with E-state index < -0.39 is 10.7 Å².